The van der Waals surface area contributed by atoms with Crippen LogP contribution in [-0.4, -0.2) is 24.6 Å². The third-order valence-electron chi connectivity index (χ3n) is 5.99. The van der Waals surface area contributed by atoms with Crippen molar-refractivity contribution >= 4 is 22.7 Å². The van der Waals surface area contributed by atoms with Crippen LogP contribution in [-0.2, 0) is 0 Å². The molecule has 1 unspecified atom stereocenters. The van der Waals surface area contributed by atoms with Gasteiger partial charge in [-0.25, -0.2) is 9.37 Å². The largest absolute Gasteiger partial charge is 0.493 e. The van der Waals surface area contributed by atoms with Gasteiger partial charge in [0.25, 0.3) is 5.91 Å². The predicted octanol–water partition coefficient (Wildman–Crippen LogP) is 5.26. The van der Waals surface area contributed by atoms with Crippen molar-refractivity contribution in [1.29, 1.82) is 0 Å². The van der Waals surface area contributed by atoms with E-state index in [4.69, 9.17) is 13.9 Å². The summed E-state index contributed by atoms with van der Waals surface area (Å²) in [5, 5.41) is 0.0657. The van der Waals surface area contributed by atoms with Crippen molar-refractivity contribution in [3.8, 4) is 11.5 Å². The normalized spacial score (nSPS) is 14.9. The zero-order valence-electron chi connectivity index (χ0n) is 19.3. The molecular weight excluding hydrogens is 451 g/mol. The number of nitrogens with zero attached hydrogens (tertiary/aromatic N) is 2. The molecule has 0 fully saturated rings. The fraction of sp³-hybridized carbons (Fsp3) is 0.222. The minimum absolute atomic E-state index is 0.0657. The Morgan fingerprint density at radius 3 is 2.69 bits per heavy atom. The number of halogens is 1. The van der Waals surface area contributed by atoms with Crippen molar-refractivity contribution in [2.24, 2.45) is 0 Å². The molecule has 3 heterocycles. The van der Waals surface area contributed by atoms with Crippen LogP contribution < -0.4 is 19.8 Å². The second kappa shape index (κ2) is 9.21. The molecule has 0 N–H and O–H groups in total. The number of methoxy groups -OCH3 is 1. The second-order valence-corrected chi connectivity index (χ2v) is 8.19. The SMILES string of the molecule is CCCCOc1ccc(C2c3c(oc4ccc(F)cc4c3=O)C(=O)N2c2ccccn2)cc1OC. The van der Waals surface area contributed by atoms with Gasteiger partial charge in [-0.15, -0.1) is 0 Å². The number of benzene rings is 2. The van der Waals surface area contributed by atoms with E-state index in [1.54, 1.807) is 42.6 Å². The Labute approximate surface area is 200 Å². The van der Waals surface area contributed by atoms with Crippen molar-refractivity contribution in [1.82, 2.24) is 4.98 Å². The van der Waals surface area contributed by atoms with E-state index in [1.165, 1.54) is 24.1 Å². The zero-order chi connectivity index (χ0) is 24.5. The molecule has 2 aromatic heterocycles. The van der Waals surface area contributed by atoms with E-state index in [1.807, 2.05) is 0 Å². The Balaban J connectivity index is 1.71. The molecule has 1 aliphatic heterocycles. The first-order valence-corrected chi connectivity index (χ1v) is 11.3. The van der Waals surface area contributed by atoms with Gasteiger partial charge in [0, 0.05) is 6.20 Å². The Bertz CT molecular complexity index is 1470. The minimum Gasteiger partial charge on any atom is -0.493 e. The number of carbonyl (C=O) groups excluding carboxylic acids is 1. The monoisotopic (exact) mass is 474 g/mol. The van der Waals surface area contributed by atoms with Gasteiger partial charge in [0.1, 0.15) is 17.2 Å². The van der Waals surface area contributed by atoms with Crippen molar-refractivity contribution in [3.63, 3.8) is 0 Å². The predicted molar refractivity (Wildman–Crippen MR) is 129 cm³/mol. The van der Waals surface area contributed by atoms with Gasteiger partial charge in [0.2, 0.25) is 5.76 Å². The number of pyridine rings is 1. The fourth-order valence-corrected chi connectivity index (χ4v) is 4.29. The maximum Gasteiger partial charge on any atom is 0.296 e. The molecule has 0 saturated heterocycles. The molecule has 0 bridgehead atoms. The van der Waals surface area contributed by atoms with Crippen LogP contribution in [0, 0.1) is 5.82 Å². The van der Waals surface area contributed by atoms with Gasteiger partial charge in [-0.3, -0.25) is 14.5 Å². The number of carbonyl (C=O) groups is 1. The first-order chi connectivity index (χ1) is 17.0. The number of anilines is 1. The number of hydrogen-bond acceptors (Lipinski definition) is 6. The topological polar surface area (TPSA) is 81.9 Å². The van der Waals surface area contributed by atoms with Crippen LogP contribution in [0.15, 0.2) is 70.0 Å². The third-order valence-corrected chi connectivity index (χ3v) is 5.99. The number of aromatic nitrogens is 1. The highest BCUT2D eigenvalue weighted by molar-refractivity contribution is 6.10. The van der Waals surface area contributed by atoms with Crippen LogP contribution in [0.4, 0.5) is 10.2 Å². The third kappa shape index (κ3) is 3.90. The summed E-state index contributed by atoms with van der Waals surface area (Å²) >= 11 is 0. The molecule has 0 saturated carbocycles. The summed E-state index contributed by atoms with van der Waals surface area (Å²) in [6.45, 7) is 2.61. The van der Waals surface area contributed by atoms with Crippen molar-refractivity contribution in [2.75, 3.05) is 18.6 Å². The highest BCUT2D eigenvalue weighted by Gasteiger charge is 2.44. The Kier molecular flexibility index (Phi) is 5.94. The molecule has 178 valence electrons. The Hall–Kier alpha value is -4.20. The summed E-state index contributed by atoms with van der Waals surface area (Å²) in [7, 11) is 1.53. The van der Waals surface area contributed by atoms with Crippen LogP contribution in [0.2, 0.25) is 0 Å². The highest BCUT2D eigenvalue weighted by Crippen LogP contribution is 2.42. The molecule has 7 nitrogen and oxygen atoms in total. The van der Waals surface area contributed by atoms with E-state index in [9.17, 15) is 14.0 Å². The summed E-state index contributed by atoms with van der Waals surface area (Å²) in [5.41, 5.74) is 0.396. The number of unbranched alkanes of at least 4 members (excludes halogenated alkanes) is 1. The average Bonchev–Trinajstić information content (AvgIpc) is 3.17. The number of rotatable bonds is 7. The van der Waals surface area contributed by atoms with Gasteiger partial charge in [0.05, 0.1) is 30.7 Å². The standard InChI is InChI=1S/C27H23FN2O5/c1-3-4-13-34-20-10-8-16(14-21(20)33-2)24-23-25(31)18-15-17(28)9-11-19(18)35-26(23)27(32)30(24)22-7-5-6-12-29-22/h5-12,14-15,24H,3-4,13H2,1-2H3. The maximum atomic E-state index is 14.0. The van der Waals surface area contributed by atoms with Crippen molar-refractivity contribution in [3.05, 3.63) is 93.7 Å². The summed E-state index contributed by atoms with van der Waals surface area (Å²) in [6.07, 6.45) is 3.45. The maximum absolute atomic E-state index is 14.0. The Morgan fingerprint density at radius 2 is 1.94 bits per heavy atom. The lowest BCUT2D eigenvalue weighted by Gasteiger charge is -2.25. The second-order valence-electron chi connectivity index (χ2n) is 8.19. The number of fused-ring (bicyclic) bond motifs is 2. The van der Waals surface area contributed by atoms with Gasteiger partial charge >= 0.3 is 0 Å². The number of amides is 1. The van der Waals surface area contributed by atoms with E-state index in [-0.39, 0.29) is 22.3 Å². The quantitative estimate of drug-likeness (QED) is 0.340. The van der Waals surface area contributed by atoms with Crippen LogP contribution in [0.3, 0.4) is 0 Å². The summed E-state index contributed by atoms with van der Waals surface area (Å²) in [4.78, 5) is 32.9. The van der Waals surface area contributed by atoms with E-state index < -0.39 is 23.2 Å². The lowest BCUT2D eigenvalue weighted by molar-refractivity contribution is 0.0970. The molecular formula is C27H23FN2O5. The summed E-state index contributed by atoms with van der Waals surface area (Å²) in [6, 6.07) is 13.2. The number of ether oxygens (including phenoxy) is 2. The summed E-state index contributed by atoms with van der Waals surface area (Å²) in [5.74, 6) is 0.220. The van der Waals surface area contributed by atoms with Crippen molar-refractivity contribution in [2.45, 2.75) is 25.8 Å². The molecule has 0 spiro atoms. The Morgan fingerprint density at radius 1 is 1.09 bits per heavy atom. The van der Waals surface area contributed by atoms with E-state index >= 15 is 0 Å². The lowest BCUT2D eigenvalue weighted by atomic mass is 9.98. The first-order valence-electron chi connectivity index (χ1n) is 11.3. The van der Waals surface area contributed by atoms with Gasteiger partial charge < -0.3 is 13.9 Å². The molecule has 5 rings (SSSR count). The van der Waals surface area contributed by atoms with Crippen LogP contribution in [0.25, 0.3) is 11.0 Å². The average molecular weight is 474 g/mol. The zero-order valence-corrected chi connectivity index (χ0v) is 19.3. The highest BCUT2D eigenvalue weighted by atomic mass is 19.1. The molecule has 0 aliphatic carbocycles. The van der Waals surface area contributed by atoms with E-state index in [0.29, 0.717) is 29.5 Å². The molecule has 1 aliphatic rings. The summed E-state index contributed by atoms with van der Waals surface area (Å²) < 4.78 is 31.2. The van der Waals surface area contributed by atoms with Gasteiger partial charge in [-0.1, -0.05) is 25.5 Å². The van der Waals surface area contributed by atoms with Crippen LogP contribution in [0.5, 0.6) is 11.5 Å². The minimum atomic E-state index is -0.852. The van der Waals surface area contributed by atoms with Crippen LogP contribution >= 0.6 is 0 Å². The molecule has 1 atom stereocenters. The molecule has 0 radical (unpaired) electrons. The fourth-order valence-electron chi connectivity index (χ4n) is 4.29. The molecule has 1 amide bonds. The lowest BCUT2D eigenvalue weighted by Crippen LogP contribution is -2.30. The molecule has 8 heteroatoms. The van der Waals surface area contributed by atoms with Crippen molar-refractivity contribution < 1.29 is 23.1 Å². The van der Waals surface area contributed by atoms with Gasteiger partial charge in [-0.2, -0.15) is 0 Å². The molecule has 2 aromatic carbocycles. The van der Waals surface area contributed by atoms with Crippen LogP contribution in [0.1, 0.15) is 47.5 Å². The van der Waals surface area contributed by atoms with Gasteiger partial charge in [-0.05, 0) is 54.4 Å². The number of hydrogen-bond donors (Lipinski definition) is 0. The van der Waals surface area contributed by atoms with E-state index in [0.717, 1.165) is 18.9 Å². The molecule has 4 aromatic rings. The first kappa shape index (κ1) is 22.6. The smallest absolute Gasteiger partial charge is 0.296 e. The molecule has 35 heavy (non-hydrogen) atoms. The van der Waals surface area contributed by atoms with Gasteiger partial charge in [0.15, 0.2) is 16.9 Å². The van der Waals surface area contributed by atoms with E-state index in [2.05, 4.69) is 11.9 Å².